The molecule has 0 aliphatic heterocycles. The van der Waals surface area contributed by atoms with Crippen LogP contribution in [0.1, 0.15) is 34.1 Å². The van der Waals surface area contributed by atoms with E-state index in [4.69, 9.17) is 9.84 Å². The number of hydrogen-bond donors (Lipinski definition) is 1. The maximum Gasteiger partial charge on any atom is 0.345 e. The number of esters is 1. The lowest BCUT2D eigenvalue weighted by molar-refractivity contribution is -0.147. The Morgan fingerprint density at radius 3 is 2.14 bits per heavy atom. The molecule has 80 valence electrons. The molecule has 0 amide bonds. The number of allylic oxidation sites excluding steroid dienone is 1. The van der Waals surface area contributed by atoms with Crippen LogP contribution in [0.3, 0.4) is 0 Å². The minimum atomic E-state index is -1.24. The first-order chi connectivity index (χ1) is 6.40. The molecule has 0 rings (SSSR count). The van der Waals surface area contributed by atoms with Gasteiger partial charge in [-0.1, -0.05) is 12.5 Å². The molecule has 4 heteroatoms. The van der Waals surface area contributed by atoms with Gasteiger partial charge in [0.2, 0.25) is 0 Å². The third kappa shape index (κ3) is 3.60. The molecule has 1 unspecified atom stereocenters. The molecule has 0 saturated heterocycles. The highest BCUT2D eigenvalue weighted by molar-refractivity contribution is 6.13. The standard InChI is InChI=1S/C10H16O4/c1-5-7(4)14-10(13)8(6(2)3)9(11)12/h7H,5H2,1-4H3,(H,11,12). The Bertz CT molecular complexity index is 261. The van der Waals surface area contributed by atoms with E-state index >= 15 is 0 Å². The van der Waals surface area contributed by atoms with Gasteiger partial charge in [-0.25, -0.2) is 9.59 Å². The highest BCUT2D eigenvalue weighted by atomic mass is 16.5. The number of ether oxygens (including phenoxy) is 1. The summed E-state index contributed by atoms with van der Waals surface area (Å²) in [7, 11) is 0. The Labute approximate surface area is 83.6 Å². The molecule has 0 heterocycles. The van der Waals surface area contributed by atoms with E-state index in [2.05, 4.69) is 0 Å². The van der Waals surface area contributed by atoms with Crippen LogP contribution >= 0.6 is 0 Å². The second-order valence-corrected chi connectivity index (χ2v) is 3.30. The summed E-state index contributed by atoms with van der Waals surface area (Å²) in [6, 6.07) is 0. The van der Waals surface area contributed by atoms with Crippen LogP contribution in [0.15, 0.2) is 11.1 Å². The number of aliphatic carboxylic acids is 1. The van der Waals surface area contributed by atoms with Crippen molar-refractivity contribution in [3.05, 3.63) is 11.1 Å². The highest BCUT2D eigenvalue weighted by Gasteiger charge is 2.21. The molecule has 0 fully saturated rings. The average Bonchev–Trinajstić information content (AvgIpc) is 2.02. The molecule has 4 nitrogen and oxygen atoms in total. The normalized spacial score (nSPS) is 11.7. The number of rotatable bonds is 4. The van der Waals surface area contributed by atoms with E-state index in [0.29, 0.717) is 12.0 Å². The fourth-order valence-electron chi connectivity index (χ4n) is 0.830. The van der Waals surface area contributed by atoms with E-state index in [1.165, 1.54) is 0 Å². The van der Waals surface area contributed by atoms with E-state index in [1.54, 1.807) is 20.8 Å². The zero-order valence-electron chi connectivity index (χ0n) is 8.96. The summed E-state index contributed by atoms with van der Waals surface area (Å²) >= 11 is 0. The minimum absolute atomic E-state index is 0.254. The van der Waals surface area contributed by atoms with Crippen molar-refractivity contribution in [3.63, 3.8) is 0 Å². The van der Waals surface area contributed by atoms with Gasteiger partial charge in [-0.2, -0.15) is 0 Å². The van der Waals surface area contributed by atoms with Crippen molar-refractivity contribution in [2.24, 2.45) is 0 Å². The molecule has 0 bridgehead atoms. The van der Waals surface area contributed by atoms with Gasteiger partial charge in [0.1, 0.15) is 5.57 Å². The third-order valence-corrected chi connectivity index (χ3v) is 1.80. The van der Waals surface area contributed by atoms with E-state index in [-0.39, 0.29) is 11.7 Å². The Morgan fingerprint density at radius 1 is 1.36 bits per heavy atom. The number of carbonyl (C=O) groups is 2. The van der Waals surface area contributed by atoms with Gasteiger partial charge in [0, 0.05) is 0 Å². The molecule has 0 aliphatic carbocycles. The summed E-state index contributed by atoms with van der Waals surface area (Å²) in [6.07, 6.45) is 0.415. The smallest absolute Gasteiger partial charge is 0.345 e. The molecule has 1 N–H and O–H groups in total. The quantitative estimate of drug-likeness (QED) is 0.325. The third-order valence-electron chi connectivity index (χ3n) is 1.80. The number of carboxylic acids is 1. The molecular formula is C10H16O4. The first-order valence-corrected chi connectivity index (χ1v) is 4.51. The summed E-state index contributed by atoms with van der Waals surface area (Å²) in [5, 5.41) is 8.74. The van der Waals surface area contributed by atoms with Crippen molar-refractivity contribution in [2.75, 3.05) is 0 Å². The molecular weight excluding hydrogens is 184 g/mol. The molecule has 0 aromatic heterocycles. The first kappa shape index (κ1) is 12.7. The van der Waals surface area contributed by atoms with Crippen molar-refractivity contribution in [2.45, 2.75) is 40.2 Å². The number of hydrogen-bond acceptors (Lipinski definition) is 3. The molecule has 0 aromatic rings. The second kappa shape index (κ2) is 5.42. The maximum atomic E-state index is 11.3. The fourth-order valence-corrected chi connectivity index (χ4v) is 0.830. The molecule has 0 radical (unpaired) electrons. The molecule has 0 spiro atoms. The van der Waals surface area contributed by atoms with Crippen LogP contribution in [0.2, 0.25) is 0 Å². The molecule has 14 heavy (non-hydrogen) atoms. The second-order valence-electron chi connectivity index (χ2n) is 3.30. The van der Waals surface area contributed by atoms with Gasteiger partial charge in [-0.05, 0) is 27.2 Å². The van der Waals surface area contributed by atoms with Gasteiger partial charge >= 0.3 is 11.9 Å². The van der Waals surface area contributed by atoms with Gasteiger partial charge in [0.05, 0.1) is 6.10 Å². The lowest BCUT2D eigenvalue weighted by Crippen LogP contribution is -2.21. The van der Waals surface area contributed by atoms with E-state index in [1.807, 2.05) is 6.92 Å². The van der Waals surface area contributed by atoms with E-state index in [0.717, 1.165) is 0 Å². The van der Waals surface area contributed by atoms with Crippen molar-refractivity contribution in [3.8, 4) is 0 Å². The van der Waals surface area contributed by atoms with Crippen molar-refractivity contribution in [1.82, 2.24) is 0 Å². The number of carbonyl (C=O) groups excluding carboxylic acids is 1. The van der Waals surface area contributed by atoms with Crippen molar-refractivity contribution < 1.29 is 19.4 Å². The lowest BCUT2D eigenvalue weighted by Gasteiger charge is -2.11. The van der Waals surface area contributed by atoms with Crippen LogP contribution in [-0.2, 0) is 14.3 Å². The van der Waals surface area contributed by atoms with Gasteiger partial charge in [-0.15, -0.1) is 0 Å². The van der Waals surface area contributed by atoms with Gasteiger partial charge in [0.15, 0.2) is 0 Å². The average molecular weight is 200 g/mol. The lowest BCUT2D eigenvalue weighted by atomic mass is 10.1. The highest BCUT2D eigenvalue weighted by Crippen LogP contribution is 2.08. The fraction of sp³-hybridized carbons (Fsp3) is 0.600. The molecule has 0 saturated carbocycles. The monoisotopic (exact) mass is 200 g/mol. The maximum absolute atomic E-state index is 11.3. The Kier molecular flexibility index (Phi) is 4.91. The van der Waals surface area contributed by atoms with Crippen LogP contribution in [-0.4, -0.2) is 23.1 Å². The van der Waals surface area contributed by atoms with Crippen LogP contribution in [0.25, 0.3) is 0 Å². The van der Waals surface area contributed by atoms with Crippen LogP contribution < -0.4 is 0 Å². The van der Waals surface area contributed by atoms with Crippen molar-refractivity contribution in [1.29, 1.82) is 0 Å². The van der Waals surface area contributed by atoms with E-state index in [9.17, 15) is 9.59 Å². The van der Waals surface area contributed by atoms with Crippen LogP contribution in [0.5, 0.6) is 0 Å². The largest absolute Gasteiger partial charge is 0.477 e. The zero-order chi connectivity index (χ0) is 11.3. The Balaban J connectivity index is 4.65. The molecule has 0 aliphatic rings. The number of carboxylic acid groups (broad SMARTS) is 1. The minimum Gasteiger partial charge on any atom is -0.477 e. The summed E-state index contributed by atoms with van der Waals surface area (Å²) in [5.41, 5.74) is 0.177. The zero-order valence-corrected chi connectivity index (χ0v) is 8.96. The first-order valence-electron chi connectivity index (χ1n) is 4.51. The van der Waals surface area contributed by atoms with Crippen LogP contribution in [0, 0.1) is 0 Å². The van der Waals surface area contributed by atoms with Crippen molar-refractivity contribution >= 4 is 11.9 Å². The van der Waals surface area contributed by atoms with Gasteiger partial charge in [-0.3, -0.25) is 0 Å². The van der Waals surface area contributed by atoms with Gasteiger partial charge < -0.3 is 9.84 Å². The van der Waals surface area contributed by atoms with Crippen LogP contribution in [0.4, 0.5) is 0 Å². The molecule has 0 aromatic carbocycles. The predicted octanol–water partition coefficient (Wildman–Crippen LogP) is 1.75. The summed E-state index contributed by atoms with van der Waals surface area (Å²) in [4.78, 5) is 22.0. The van der Waals surface area contributed by atoms with Gasteiger partial charge in [0.25, 0.3) is 0 Å². The molecule has 1 atom stereocenters. The van der Waals surface area contributed by atoms with E-state index < -0.39 is 11.9 Å². The summed E-state index contributed by atoms with van der Waals surface area (Å²) < 4.78 is 4.91. The Hall–Kier alpha value is -1.32. The SMILES string of the molecule is CCC(C)OC(=O)C(C(=O)O)=C(C)C. The predicted molar refractivity (Wildman–Crippen MR) is 51.9 cm³/mol. The summed E-state index contributed by atoms with van der Waals surface area (Å²) in [6.45, 7) is 6.73. The summed E-state index contributed by atoms with van der Waals surface area (Å²) in [5.74, 6) is -2.00. The topological polar surface area (TPSA) is 63.6 Å². The Morgan fingerprint density at radius 2 is 1.86 bits per heavy atom.